The molecule has 8 rings (SSSR count). The zero-order chi connectivity index (χ0) is 25.1. The van der Waals surface area contributed by atoms with Crippen molar-refractivity contribution in [1.29, 1.82) is 0 Å². The number of hydrogen-bond donors (Lipinski definition) is 0. The van der Waals surface area contributed by atoms with E-state index in [9.17, 15) is 0 Å². The summed E-state index contributed by atoms with van der Waals surface area (Å²) in [7, 11) is 0. The molecule has 0 saturated carbocycles. The molecule has 0 bridgehead atoms. The molecule has 4 heteroatoms. The van der Waals surface area contributed by atoms with Gasteiger partial charge in [-0.3, -0.25) is 4.57 Å². The highest BCUT2D eigenvalue weighted by Gasteiger charge is 2.19. The van der Waals surface area contributed by atoms with E-state index in [1.807, 2.05) is 30.5 Å². The molecule has 0 unspecified atom stereocenters. The predicted octanol–water partition coefficient (Wildman–Crippen LogP) is 8.34. The first-order valence-electron chi connectivity index (χ1n) is 12.8. The predicted molar refractivity (Wildman–Crippen MR) is 156 cm³/mol. The second-order valence-electron chi connectivity index (χ2n) is 9.54. The molecule has 5 aromatic carbocycles. The van der Waals surface area contributed by atoms with E-state index in [0.29, 0.717) is 5.95 Å². The van der Waals surface area contributed by atoms with Crippen LogP contribution < -0.4 is 0 Å². The lowest BCUT2D eigenvalue weighted by Gasteiger charge is -2.09. The van der Waals surface area contributed by atoms with Crippen molar-refractivity contribution >= 4 is 43.6 Å². The van der Waals surface area contributed by atoms with Gasteiger partial charge in [-0.05, 0) is 42.5 Å². The van der Waals surface area contributed by atoms with Crippen LogP contribution in [-0.4, -0.2) is 19.1 Å². The highest BCUT2D eigenvalue weighted by atomic mass is 15.2. The summed E-state index contributed by atoms with van der Waals surface area (Å²) < 4.78 is 4.56. The maximum absolute atomic E-state index is 5.03. The third kappa shape index (κ3) is 3.04. The zero-order valence-corrected chi connectivity index (χ0v) is 20.5. The lowest BCUT2D eigenvalue weighted by molar-refractivity contribution is 0.992. The third-order valence-corrected chi connectivity index (χ3v) is 7.39. The molecule has 0 fully saturated rings. The van der Waals surface area contributed by atoms with Crippen LogP contribution in [-0.2, 0) is 0 Å². The largest absolute Gasteiger partial charge is 0.309 e. The Hall–Kier alpha value is -5.22. The Bertz CT molecular complexity index is 2120. The van der Waals surface area contributed by atoms with Crippen molar-refractivity contribution in [3.8, 4) is 22.9 Å². The van der Waals surface area contributed by atoms with Crippen LogP contribution in [0.25, 0.3) is 66.5 Å². The fraction of sp³-hybridized carbons (Fsp3) is 0. The molecule has 0 aliphatic carbocycles. The fourth-order valence-electron chi connectivity index (χ4n) is 5.73. The molecule has 0 spiro atoms. The van der Waals surface area contributed by atoms with E-state index in [1.165, 1.54) is 32.6 Å². The van der Waals surface area contributed by atoms with E-state index >= 15 is 0 Å². The summed E-state index contributed by atoms with van der Waals surface area (Å²) in [5.41, 5.74) is 7.70. The molecule has 3 aromatic heterocycles. The van der Waals surface area contributed by atoms with Crippen molar-refractivity contribution in [2.45, 2.75) is 0 Å². The Morgan fingerprint density at radius 1 is 0.447 bits per heavy atom. The Kier molecular flexibility index (Phi) is 4.49. The minimum absolute atomic E-state index is 0.670. The van der Waals surface area contributed by atoms with Crippen molar-refractivity contribution < 1.29 is 0 Å². The Labute approximate surface area is 219 Å². The van der Waals surface area contributed by atoms with Crippen molar-refractivity contribution in [2.75, 3.05) is 0 Å². The van der Waals surface area contributed by atoms with Crippen molar-refractivity contribution in [3.63, 3.8) is 0 Å². The smallest absolute Gasteiger partial charge is 0.235 e. The van der Waals surface area contributed by atoms with Crippen LogP contribution >= 0.6 is 0 Å². The minimum atomic E-state index is 0.670. The molecule has 0 radical (unpaired) electrons. The van der Waals surface area contributed by atoms with Crippen LogP contribution in [0.1, 0.15) is 0 Å². The second kappa shape index (κ2) is 8.15. The lowest BCUT2D eigenvalue weighted by atomic mass is 10.1. The zero-order valence-electron chi connectivity index (χ0n) is 20.5. The molecule has 0 atom stereocenters. The molecule has 0 aliphatic rings. The molecule has 3 heterocycles. The monoisotopic (exact) mass is 486 g/mol. The first-order valence-corrected chi connectivity index (χ1v) is 12.8. The summed E-state index contributed by atoms with van der Waals surface area (Å²) in [4.78, 5) is 9.78. The normalized spacial score (nSPS) is 11.7. The van der Waals surface area contributed by atoms with Gasteiger partial charge in [0, 0.05) is 39.0 Å². The summed E-state index contributed by atoms with van der Waals surface area (Å²) in [5.74, 6) is 0.670. The SMILES string of the molecule is c1ccc(-c2ccnc(-n3c4ccccc4c4cc5c(cc43)c3ccccc3n5-c3ccccc3)n2)cc1. The van der Waals surface area contributed by atoms with Gasteiger partial charge in [0.25, 0.3) is 0 Å². The van der Waals surface area contributed by atoms with Gasteiger partial charge in [-0.2, -0.15) is 0 Å². The molecule has 8 aromatic rings. The molecule has 0 saturated heterocycles. The number of benzene rings is 5. The lowest BCUT2D eigenvalue weighted by Crippen LogP contribution is -2.01. The third-order valence-electron chi connectivity index (χ3n) is 7.39. The van der Waals surface area contributed by atoms with E-state index in [4.69, 9.17) is 9.97 Å². The van der Waals surface area contributed by atoms with Gasteiger partial charge in [0.05, 0.1) is 27.8 Å². The maximum atomic E-state index is 5.03. The minimum Gasteiger partial charge on any atom is -0.309 e. The van der Waals surface area contributed by atoms with Crippen LogP contribution in [0.4, 0.5) is 0 Å². The van der Waals surface area contributed by atoms with Crippen molar-refractivity contribution in [2.24, 2.45) is 0 Å². The molecular weight excluding hydrogens is 464 g/mol. The average molecular weight is 487 g/mol. The number of nitrogens with zero attached hydrogens (tertiary/aromatic N) is 4. The maximum Gasteiger partial charge on any atom is 0.235 e. The molecule has 0 N–H and O–H groups in total. The Morgan fingerprint density at radius 3 is 1.68 bits per heavy atom. The quantitative estimate of drug-likeness (QED) is 0.252. The van der Waals surface area contributed by atoms with Crippen LogP contribution in [0.3, 0.4) is 0 Å². The van der Waals surface area contributed by atoms with Gasteiger partial charge in [0.15, 0.2) is 0 Å². The van der Waals surface area contributed by atoms with E-state index in [0.717, 1.165) is 28.0 Å². The summed E-state index contributed by atoms with van der Waals surface area (Å²) >= 11 is 0. The van der Waals surface area contributed by atoms with Crippen molar-refractivity contribution in [1.82, 2.24) is 19.1 Å². The molecule has 0 amide bonds. The highest BCUT2D eigenvalue weighted by molar-refractivity contribution is 6.18. The number of hydrogen-bond acceptors (Lipinski definition) is 2. The molecule has 4 nitrogen and oxygen atoms in total. The standard InChI is InChI=1S/C34H22N4/c1-3-11-23(12-4-1)29-19-20-35-34(36-29)38-31-18-10-8-16-26(31)28-21-32-27(22-33(28)38)25-15-7-9-17-30(25)37(32)24-13-5-2-6-14-24/h1-22H. The van der Waals surface area contributed by atoms with E-state index in [1.54, 1.807) is 0 Å². The van der Waals surface area contributed by atoms with Gasteiger partial charge in [0.2, 0.25) is 5.95 Å². The summed E-state index contributed by atoms with van der Waals surface area (Å²) in [6, 6.07) is 44.6. The van der Waals surface area contributed by atoms with Gasteiger partial charge in [-0.1, -0.05) is 84.9 Å². The number of fused-ring (bicyclic) bond motifs is 6. The molecule has 178 valence electrons. The van der Waals surface area contributed by atoms with Crippen LogP contribution in [0, 0.1) is 0 Å². The molecule has 0 aliphatic heterocycles. The highest BCUT2D eigenvalue weighted by Crippen LogP contribution is 2.39. The van der Waals surface area contributed by atoms with Gasteiger partial charge >= 0.3 is 0 Å². The van der Waals surface area contributed by atoms with Gasteiger partial charge in [-0.15, -0.1) is 0 Å². The number of para-hydroxylation sites is 3. The van der Waals surface area contributed by atoms with E-state index in [2.05, 4.69) is 112 Å². The van der Waals surface area contributed by atoms with Crippen molar-refractivity contribution in [3.05, 3.63) is 134 Å². The van der Waals surface area contributed by atoms with Gasteiger partial charge < -0.3 is 4.57 Å². The summed E-state index contributed by atoms with van der Waals surface area (Å²) in [5, 5.41) is 4.80. The van der Waals surface area contributed by atoms with E-state index < -0.39 is 0 Å². The van der Waals surface area contributed by atoms with Gasteiger partial charge in [0.1, 0.15) is 0 Å². The Morgan fingerprint density at radius 2 is 1.00 bits per heavy atom. The number of aromatic nitrogens is 4. The fourth-order valence-corrected chi connectivity index (χ4v) is 5.73. The summed E-state index contributed by atoms with van der Waals surface area (Å²) in [6.45, 7) is 0. The molecule has 38 heavy (non-hydrogen) atoms. The average Bonchev–Trinajstić information content (AvgIpc) is 3.49. The topological polar surface area (TPSA) is 35.6 Å². The molecular formula is C34H22N4. The Balaban J connectivity index is 1.49. The van der Waals surface area contributed by atoms with Crippen LogP contribution in [0.15, 0.2) is 134 Å². The van der Waals surface area contributed by atoms with Gasteiger partial charge in [-0.25, -0.2) is 9.97 Å². The van der Waals surface area contributed by atoms with Crippen LogP contribution in [0.2, 0.25) is 0 Å². The summed E-state index contributed by atoms with van der Waals surface area (Å²) in [6.07, 6.45) is 1.85. The van der Waals surface area contributed by atoms with Crippen LogP contribution in [0.5, 0.6) is 0 Å². The first-order chi connectivity index (χ1) is 18.9. The van der Waals surface area contributed by atoms with E-state index in [-0.39, 0.29) is 0 Å². The first kappa shape index (κ1) is 20.9. The number of rotatable bonds is 3. The second-order valence-corrected chi connectivity index (χ2v) is 9.54.